The van der Waals surface area contributed by atoms with Crippen molar-refractivity contribution in [2.24, 2.45) is 0 Å². The van der Waals surface area contributed by atoms with Gasteiger partial charge < -0.3 is 10.3 Å². The van der Waals surface area contributed by atoms with Crippen molar-refractivity contribution in [1.82, 2.24) is 15.2 Å². The van der Waals surface area contributed by atoms with Gasteiger partial charge >= 0.3 is 0 Å². The Kier molecular flexibility index (Phi) is 4.36. The quantitative estimate of drug-likeness (QED) is 0.886. The Morgan fingerprint density at radius 1 is 1.10 bits per heavy atom. The minimum Gasteiger partial charge on any atom is -0.357 e. The molecule has 0 radical (unpaired) electrons. The van der Waals surface area contributed by atoms with E-state index in [9.17, 15) is 4.79 Å². The zero-order chi connectivity index (χ0) is 14.5. The molecule has 1 aromatic heterocycles. The largest absolute Gasteiger partial charge is 0.357 e. The number of likely N-dealkylation sites (tertiary alicyclic amines) is 1. The van der Waals surface area contributed by atoms with Crippen LogP contribution in [0.5, 0.6) is 0 Å². The van der Waals surface area contributed by atoms with Gasteiger partial charge in [0.2, 0.25) is 0 Å². The van der Waals surface area contributed by atoms with E-state index in [0.717, 1.165) is 12.1 Å². The van der Waals surface area contributed by atoms with Crippen molar-refractivity contribution in [2.75, 3.05) is 13.1 Å². The van der Waals surface area contributed by atoms with Gasteiger partial charge in [-0.3, -0.25) is 9.69 Å². The van der Waals surface area contributed by atoms with Gasteiger partial charge in [0.1, 0.15) is 5.69 Å². The molecular weight excluding hydrogens is 262 g/mol. The number of amides is 1. The smallest absolute Gasteiger partial charge is 0.267 e. The van der Waals surface area contributed by atoms with Crippen LogP contribution >= 0.6 is 0 Å². The molecule has 0 bridgehead atoms. The fourth-order valence-electron chi connectivity index (χ4n) is 2.71. The second kappa shape index (κ2) is 6.59. The molecule has 1 fully saturated rings. The third-order valence-corrected chi connectivity index (χ3v) is 3.92. The van der Waals surface area contributed by atoms with Gasteiger partial charge in [-0.15, -0.1) is 0 Å². The predicted octanol–water partition coefficient (Wildman–Crippen LogP) is 2.54. The number of hydrogen-bond donors (Lipinski definition) is 2. The molecule has 3 rings (SSSR count). The van der Waals surface area contributed by atoms with Crippen LogP contribution in [0.15, 0.2) is 42.6 Å². The van der Waals surface area contributed by atoms with Crippen LogP contribution in [-0.2, 0) is 13.1 Å². The molecule has 2 N–H and O–H groups in total. The van der Waals surface area contributed by atoms with Crippen LogP contribution in [0.4, 0.5) is 0 Å². The Bertz CT molecular complexity index is 569. The number of benzene rings is 1. The number of rotatable bonds is 5. The van der Waals surface area contributed by atoms with Gasteiger partial charge in [0.25, 0.3) is 5.91 Å². The van der Waals surface area contributed by atoms with Crippen LogP contribution in [0.1, 0.15) is 34.5 Å². The molecule has 1 aromatic carbocycles. The fraction of sp³-hybridized carbons (Fsp3) is 0.353. The van der Waals surface area contributed by atoms with Gasteiger partial charge in [-0.05, 0) is 49.2 Å². The van der Waals surface area contributed by atoms with Crippen molar-refractivity contribution in [2.45, 2.75) is 25.9 Å². The summed E-state index contributed by atoms with van der Waals surface area (Å²) < 4.78 is 0. The van der Waals surface area contributed by atoms with Crippen molar-refractivity contribution in [3.8, 4) is 0 Å². The third kappa shape index (κ3) is 3.73. The number of H-pyrrole nitrogens is 1. The van der Waals surface area contributed by atoms with Gasteiger partial charge in [0.05, 0.1) is 0 Å². The van der Waals surface area contributed by atoms with Gasteiger partial charge in [0.15, 0.2) is 0 Å². The zero-order valence-electron chi connectivity index (χ0n) is 12.1. The Hall–Kier alpha value is -2.07. The molecule has 0 aliphatic carbocycles. The Labute approximate surface area is 125 Å². The number of carbonyl (C=O) groups excluding carboxylic acids is 1. The summed E-state index contributed by atoms with van der Waals surface area (Å²) >= 11 is 0. The minimum absolute atomic E-state index is 0.0684. The average molecular weight is 283 g/mol. The van der Waals surface area contributed by atoms with Crippen LogP contribution in [0.25, 0.3) is 0 Å². The topological polar surface area (TPSA) is 48.1 Å². The van der Waals surface area contributed by atoms with Crippen LogP contribution in [-0.4, -0.2) is 28.9 Å². The van der Waals surface area contributed by atoms with E-state index in [1.165, 1.54) is 31.5 Å². The molecule has 0 saturated carbocycles. The van der Waals surface area contributed by atoms with E-state index < -0.39 is 0 Å². The van der Waals surface area contributed by atoms with E-state index in [0.29, 0.717) is 12.2 Å². The van der Waals surface area contributed by atoms with E-state index in [1.807, 2.05) is 6.07 Å². The highest BCUT2D eigenvalue weighted by atomic mass is 16.1. The van der Waals surface area contributed by atoms with Crippen molar-refractivity contribution in [3.05, 3.63) is 59.4 Å². The highest BCUT2D eigenvalue weighted by Crippen LogP contribution is 2.13. The van der Waals surface area contributed by atoms with Crippen LogP contribution in [0, 0.1) is 0 Å². The zero-order valence-corrected chi connectivity index (χ0v) is 12.1. The van der Waals surface area contributed by atoms with E-state index in [4.69, 9.17) is 0 Å². The Morgan fingerprint density at radius 2 is 1.81 bits per heavy atom. The maximum Gasteiger partial charge on any atom is 0.267 e. The number of nitrogens with one attached hydrogen (secondary N) is 2. The summed E-state index contributed by atoms with van der Waals surface area (Å²) in [5.41, 5.74) is 3.07. The summed E-state index contributed by atoms with van der Waals surface area (Å²) in [6, 6.07) is 12.1. The van der Waals surface area contributed by atoms with Gasteiger partial charge in [-0.25, -0.2) is 0 Å². The van der Waals surface area contributed by atoms with Gasteiger partial charge in [0, 0.05) is 19.3 Å². The Balaban J connectivity index is 1.51. The first-order chi connectivity index (χ1) is 10.3. The molecule has 4 heteroatoms. The van der Waals surface area contributed by atoms with E-state index in [2.05, 4.69) is 39.5 Å². The van der Waals surface area contributed by atoms with E-state index >= 15 is 0 Å². The third-order valence-electron chi connectivity index (χ3n) is 3.92. The summed E-state index contributed by atoms with van der Waals surface area (Å²) in [6.07, 6.45) is 4.40. The van der Waals surface area contributed by atoms with E-state index in [-0.39, 0.29) is 5.91 Å². The first-order valence-corrected chi connectivity index (χ1v) is 7.53. The lowest BCUT2D eigenvalue weighted by molar-refractivity contribution is 0.0946. The summed E-state index contributed by atoms with van der Waals surface area (Å²) in [4.78, 5) is 17.2. The van der Waals surface area contributed by atoms with Crippen LogP contribution < -0.4 is 5.32 Å². The number of carbonyl (C=O) groups is 1. The second-order valence-corrected chi connectivity index (χ2v) is 5.57. The van der Waals surface area contributed by atoms with E-state index in [1.54, 1.807) is 12.3 Å². The van der Waals surface area contributed by atoms with Crippen molar-refractivity contribution in [3.63, 3.8) is 0 Å². The second-order valence-electron chi connectivity index (χ2n) is 5.57. The first-order valence-electron chi connectivity index (χ1n) is 7.53. The van der Waals surface area contributed by atoms with Crippen molar-refractivity contribution >= 4 is 5.91 Å². The maximum absolute atomic E-state index is 11.8. The summed E-state index contributed by atoms with van der Waals surface area (Å²) in [5.74, 6) is -0.0684. The fourth-order valence-corrected chi connectivity index (χ4v) is 2.71. The molecule has 1 saturated heterocycles. The van der Waals surface area contributed by atoms with Gasteiger partial charge in [-0.2, -0.15) is 0 Å². The van der Waals surface area contributed by atoms with Crippen molar-refractivity contribution in [1.29, 1.82) is 0 Å². The monoisotopic (exact) mass is 283 g/mol. The molecule has 0 spiro atoms. The lowest BCUT2D eigenvalue weighted by Crippen LogP contribution is -2.23. The standard InChI is InChI=1S/C17H21N3O/c21-17(16-4-3-9-18-16)19-12-14-5-7-15(8-6-14)13-20-10-1-2-11-20/h3-9,18H,1-2,10-13H2,(H,19,21). The molecule has 0 atom stereocenters. The average Bonchev–Trinajstić information content (AvgIpc) is 3.19. The van der Waals surface area contributed by atoms with Crippen LogP contribution in [0.3, 0.4) is 0 Å². The molecule has 1 aliphatic rings. The maximum atomic E-state index is 11.8. The molecule has 1 amide bonds. The first kappa shape index (κ1) is 13.9. The summed E-state index contributed by atoms with van der Waals surface area (Å²) in [5, 5.41) is 2.91. The number of aromatic nitrogens is 1. The molecule has 1 aliphatic heterocycles. The van der Waals surface area contributed by atoms with Gasteiger partial charge in [-0.1, -0.05) is 24.3 Å². The molecule has 2 aromatic rings. The number of nitrogens with zero attached hydrogens (tertiary/aromatic N) is 1. The molecule has 110 valence electrons. The predicted molar refractivity (Wildman–Crippen MR) is 82.9 cm³/mol. The molecular formula is C17H21N3O. The molecule has 4 nitrogen and oxygen atoms in total. The highest BCUT2D eigenvalue weighted by Gasteiger charge is 2.11. The molecule has 21 heavy (non-hydrogen) atoms. The highest BCUT2D eigenvalue weighted by molar-refractivity contribution is 5.92. The SMILES string of the molecule is O=C(NCc1ccc(CN2CCCC2)cc1)c1ccc[nH]1. The normalized spacial score (nSPS) is 15.2. The number of aromatic amines is 1. The summed E-state index contributed by atoms with van der Waals surface area (Å²) in [6.45, 7) is 4.03. The molecule has 0 unspecified atom stereocenters. The lowest BCUT2D eigenvalue weighted by Gasteiger charge is -2.14. The summed E-state index contributed by atoms with van der Waals surface area (Å²) in [7, 11) is 0. The molecule has 2 heterocycles. The lowest BCUT2D eigenvalue weighted by atomic mass is 10.1. The van der Waals surface area contributed by atoms with Crippen molar-refractivity contribution < 1.29 is 4.79 Å². The Morgan fingerprint density at radius 3 is 2.48 bits per heavy atom. The van der Waals surface area contributed by atoms with Crippen LogP contribution in [0.2, 0.25) is 0 Å². The number of hydrogen-bond acceptors (Lipinski definition) is 2. The minimum atomic E-state index is -0.0684.